The predicted octanol–water partition coefficient (Wildman–Crippen LogP) is -0.115. The zero-order chi connectivity index (χ0) is 8.39. The van der Waals surface area contributed by atoms with Crippen molar-refractivity contribution in [1.29, 1.82) is 0 Å². The van der Waals surface area contributed by atoms with Crippen molar-refractivity contribution < 1.29 is 14.3 Å². The van der Waals surface area contributed by atoms with Crippen molar-refractivity contribution in [2.45, 2.75) is 18.9 Å². The van der Waals surface area contributed by atoms with E-state index in [2.05, 4.69) is 5.32 Å². The van der Waals surface area contributed by atoms with Gasteiger partial charge in [0.1, 0.15) is 6.79 Å². The Labute approximate surface area is 71.2 Å². The molecule has 0 aromatic rings. The van der Waals surface area contributed by atoms with E-state index in [4.69, 9.17) is 9.47 Å². The third-order valence-corrected chi connectivity index (χ3v) is 2.40. The highest BCUT2D eigenvalue weighted by Gasteiger charge is 2.29. The van der Waals surface area contributed by atoms with Gasteiger partial charge in [-0.25, -0.2) is 0 Å². The van der Waals surface area contributed by atoms with E-state index in [1.807, 2.05) is 0 Å². The number of rotatable bonds is 2. The molecule has 1 N–H and O–H groups in total. The third kappa shape index (κ3) is 1.59. The zero-order valence-corrected chi connectivity index (χ0v) is 6.91. The lowest BCUT2D eigenvalue weighted by molar-refractivity contribution is -0.123. The first-order valence-electron chi connectivity index (χ1n) is 4.33. The van der Waals surface area contributed by atoms with E-state index in [0.29, 0.717) is 13.4 Å². The summed E-state index contributed by atoms with van der Waals surface area (Å²) in [5.41, 5.74) is 0. The third-order valence-electron chi connectivity index (χ3n) is 2.40. The fourth-order valence-electron chi connectivity index (χ4n) is 1.70. The van der Waals surface area contributed by atoms with Gasteiger partial charge in [0.2, 0.25) is 5.91 Å². The first-order chi connectivity index (χ1) is 5.86. The van der Waals surface area contributed by atoms with Crippen LogP contribution in [0.25, 0.3) is 0 Å². The number of carbonyl (C=O) groups is 1. The lowest BCUT2D eigenvalue weighted by atomic mass is 10.0. The van der Waals surface area contributed by atoms with Gasteiger partial charge in [-0.2, -0.15) is 0 Å². The summed E-state index contributed by atoms with van der Waals surface area (Å²) >= 11 is 0. The summed E-state index contributed by atoms with van der Waals surface area (Å²) in [5.74, 6) is 0.321. The molecular weight excluding hydrogens is 158 g/mol. The summed E-state index contributed by atoms with van der Waals surface area (Å²) in [4.78, 5) is 11.2. The molecule has 0 aliphatic carbocycles. The molecule has 2 aliphatic heterocycles. The molecule has 2 atom stereocenters. The first-order valence-corrected chi connectivity index (χ1v) is 4.33. The Kier molecular flexibility index (Phi) is 2.28. The lowest BCUT2D eigenvalue weighted by Gasteiger charge is -2.10. The molecule has 12 heavy (non-hydrogen) atoms. The SMILES string of the molecule is O=C1NCCC1CC1COCO1. The number of carbonyl (C=O) groups excluding carboxylic acids is 1. The van der Waals surface area contributed by atoms with Gasteiger partial charge in [-0.15, -0.1) is 0 Å². The highest BCUT2D eigenvalue weighted by atomic mass is 16.7. The van der Waals surface area contributed by atoms with Crippen molar-refractivity contribution in [1.82, 2.24) is 5.32 Å². The van der Waals surface area contributed by atoms with Gasteiger partial charge >= 0.3 is 0 Å². The van der Waals surface area contributed by atoms with Crippen LogP contribution in [0.15, 0.2) is 0 Å². The normalized spacial score (nSPS) is 35.5. The largest absolute Gasteiger partial charge is 0.356 e. The van der Waals surface area contributed by atoms with Crippen LogP contribution in [-0.4, -0.2) is 32.0 Å². The summed E-state index contributed by atoms with van der Waals surface area (Å²) in [6, 6.07) is 0. The van der Waals surface area contributed by atoms with Crippen LogP contribution >= 0.6 is 0 Å². The first kappa shape index (κ1) is 8.01. The van der Waals surface area contributed by atoms with Gasteiger partial charge < -0.3 is 14.8 Å². The molecule has 2 saturated heterocycles. The Morgan fingerprint density at radius 3 is 3.08 bits per heavy atom. The molecule has 0 saturated carbocycles. The van der Waals surface area contributed by atoms with Crippen molar-refractivity contribution >= 4 is 5.91 Å². The average Bonchev–Trinajstić information content (AvgIpc) is 2.65. The Bertz CT molecular complexity index is 177. The molecule has 68 valence electrons. The number of nitrogens with one attached hydrogen (secondary N) is 1. The van der Waals surface area contributed by atoms with Crippen LogP contribution in [-0.2, 0) is 14.3 Å². The van der Waals surface area contributed by atoms with Gasteiger partial charge in [-0.1, -0.05) is 0 Å². The second-order valence-electron chi connectivity index (χ2n) is 3.29. The number of amides is 1. The smallest absolute Gasteiger partial charge is 0.223 e. The van der Waals surface area contributed by atoms with Crippen molar-refractivity contribution in [3.05, 3.63) is 0 Å². The maximum atomic E-state index is 11.2. The molecule has 0 aromatic carbocycles. The number of hydrogen-bond acceptors (Lipinski definition) is 3. The van der Waals surface area contributed by atoms with Crippen molar-refractivity contribution in [2.75, 3.05) is 19.9 Å². The van der Waals surface area contributed by atoms with Gasteiger partial charge in [0.15, 0.2) is 0 Å². The van der Waals surface area contributed by atoms with Crippen LogP contribution < -0.4 is 5.32 Å². The van der Waals surface area contributed by atoms with E-state index in [9.17, 15) is 4.79 Å². The minimum Gasteiger partial charge on any atom is -0.356 e. The van der Waals surface area contributed by atoms with Gasteiger partial charge in [-0.3, -0.25) is 4.79 Å². The van der Waals surface area contributed by atoms with E-state index < -0.39 is 0 Å². The minimum absolute atomic E-state index is 0.138. The van der Waals surface area contributed by atoms with Crippen LogP contribution in [0.4, 0.5) is 0 Å². The molecule has 0 bridgehead atoms. The molecule has 4 heteroatoms. The van der Waals surface area contributed by atoms with Crippen LogP contribution in [0.3, 0.4) is 0 Å². The van der Waals surface area contributed by atoms with Crippen molar-refractivity contribution in [3.8, 4) is 0 Å². The van der Waals surface area contributed by atoms with Gasteiger partial charge in [-0.05, 0) is 12.8 Å². The van der Waals surface area contributed by atoms with Crippen molar-refractivity contribution in [2.24, 2.45) is 5.92 Å². The lowest BCUT2D eigenvalue weighted by Crippen LogP contribution is -2.23. The molecule has 0 aromatic heterocycles. The maximum absolute atomic E-state index is 11.2. The summed E-state index contributed by atoms with van der Waals surface area (Å²) < 4.78 is 10.3. The van der Waals surface area contributed by atoms with Crippen LogP contribution in [0.2, 0.25) is 0 Å². The van der Waals surface area contributed by atoms with Gasteiger partial charge in [0.05, 0.1) is 12.7 Å². The quantitative estimate of drug-likeness (QED) is 0.630. The number of ether oxygens (including phenoxy) is 2. The summed E-state index contributed by atoms with van der Waals surface area (Å²) in [6.45, 7) is 1.85. The molecule has 0 radical (unpaired) electrons. The summed E-state index contributed by atoms with van der Waals surface area (Å²) in [6.07, 6.45) is 1.89. The van der Waals surface area contributed by atoms with E-state index in [0.717, 1.165) is 19.4 Å². The Balaban J connectivity index is 1.81. The van der Waals surface area contributed by atoms with Crippen LogP contribution in [0, 0.1) is 5.92 Å². The molecule has 2 unspecified atom stereocenters. The molecule has 4 nitrogen and oxygen atoms in total. The second kappa shape index (κ2) is 3.41. The maximum Gasteiger partial charge on any atom is 0.223 e. The topological polar surface area (TPSA) is 47.6 Å². The molecule has 2 heterocycles. The van der Waals surface area contributed by atoms with E-state index in [-0.39, 0.29) is 17.9 Å². The molecular formula is C8H13NO3. The molecule has 1 amide bonds. The Morgan fingerprint density at radius 1 is 1.58 bits per heavy atom. The van der Waals surface area contributed by atoms with Crippen molar-refractivity contribution in [3.63, 3.8) is 0 Å². The second-order valence-corrected chi connectivity index (χ2v) is 3.29. The molecule has 2 rings (SSSR count). The molecule has 2 fully saturated rings. The van der Waals surface area contributed by atoms with Crippen LogP contribution in [0.1, 0.15) is 12.8 Å². The zero-order valence-electron chi connectivity index (χ0n) is 6.91. The number of hydrogen-bond donors (Lipinski definition) is 1. The Morgan fingerprint density at radius 2 is 2.50 bits per heavy atom. The van der Waals surface area contributed by atoms with Crippen LogP contribution in [0.5, 0.6) is 0 Å². The van der Waals surface area contributed by atoms with E-state index in [1.54, 1.807) is 0 Å². The monoisotopic (exact) mass is 171 g/mol. The fraction of sp³-hybridized carbons (Fsp3) is 0.875. The fourth-order valence-corrected chi connectivity index (χ4v) is 1.70. The summed E-state index contributed by atoms with van der Waals surface area (Å²) in [7, 11) is 0. The van der Waals surface area contributed by atoms with E-state index >= 15 is 0 Å². The standard InChI is InChI=1S/C8H13NO3/c10-8-6(1-2-9-8)3-7-4-11-5-12-7/h6-7H,1-5H2,(H,9,10). The molecule has 2 aliphatic rings. The van der Waals surface area contributed by atoms with E-state index in [1.165, 1.54) is 0 Å². The average molecular weight is 171 g/mol. The van der Waals surface area contributed by atoms with Gasteiger partial charge in [0.25, 0.3) is 0 Å². The molecule has 0 spiro atoms. The highest BCUT2D eigenvalue weighted by molar-refractivity contribution is 5.80. The summed E-state index contributed by atoms with van der Waals surface area (Å²) in [5, 5.41) is 2.81. The highest BCUT2D eigenvalue weighted by Crippen LogP contribution is 2.19. The van der Waals surface area contributed by atoms with Gasteiger partial charge in [0, 0.05) is 12.5 Å². The Hall–Kier alpha value is -0.610. The minimum atomic E-state index is 0.138. The predicted molar refractivity (Wildman–Crippen MR) is 41.4 cm³/mol.